The van der Waals surface area contributed by atoms with E-state index >= 15 is 0 Å². The number of phenolic OH excluding ortho intramolecular Hbond substituents is 1. The largest absolute Gasteiger partial charge is 0.508 e. The van der Waals surface area contributed by atoms with Gasteiger partial charge in [0.25, 0.3) is 10.2 Å². The van der Waals surface area contributed by atoms with Crippen molar-refractivity contribution in [2.45, 2.75) is 18.9 Å². The van der Waals surface area contributed by atoms with Crippen molar-refractivity contribution in [2.75, 3.05) is 13.2 Å². The van der Waals surface area contributed by atoms with Crippen molar-refractivity contribution < 1.29 is 34.5 Å². The molecule has 1 aromatic rings. The lowest BCUT2D eigenvalue weighted by Gasteiger charge is -2.13. The number of rotatable bonds is 11. The molecule has 0 saturated carbocycles. The van der Waals surface area contributed by atoms with E-state index in [1.54, 1.807) is 12.1 Å². The number of esters is 1. The van der Waals surface area contributed by atoms with Gasteiger partial charge in [-0.25, -0.2) is 4.79 Å². The number of hydrogen-bond acceptors (Lipinski definition) is 9. The molecule has 11 heteroatoms. The fourth-order valence-corrected chi connectivity index (χ4v) is 1.71. The number of carbonyl (C=O) groups is 1. The number of ether oxygens (including phenoxy) is 1. The number of hydrogen-bond donors (Lipinski definition) is 1. The standard InChI is InChI=1S/C14H16N2O9/c17-12-6-3-11(4-7-12)5-8-14(18)23-9-1-2-13(25-16(21)22)10-24-15(19)20/h3-8,13,17H,1-2,9-10H2. The van der Waals surface area contributed by atoms with Gasteiger partial charge in [-0.2, -0.15) is 0 Å². The molecule has 0 aliphatic heterocycles. The van der Waals surface area contributed by atoms with Crippen LogP contribution in [-0.2, 0) is 19.2 Å². The van der Waals surface area contributed by atoms with Crippen molar-refractivity contribution in [1.29, 1.82) is 0 Å². The lowest BCUT2D eigenvalue weighted by atomic mass is 10.2. The average molecular weight is 356 g/mol. The summed E-state index contributed by atoms with van der Waals surface area (Å²) >= 11 is 0. The first-order valence-electron chi connectivity index (χ1n) is 7.09. The smallest absolute Gasteiger partial charge is 0.330 e. The van der Waals surface area contributed by atoms with Crippen molar-refractivity contribution in [3.05, 3.63) is 56.1 Å². The van der Waals surface area contributed by atoms with Gasteiger partial charge in [0.05, 0.1) is 6.61 Å². The SMILES string of the molecule is O=C(C=Cc1ccc(O)cc1)OCCCC(CO[N+](=O)[O-])O[N+](=O)[O-]. The Kier molecular flexibility index (Phi) is 8.20. The highest BCUT2D eigenvalue weighted by molar-refractivity contribution is 5.87. The fourth-order valence-electron chi connectivity index (χ4n) is 1.71. The van der Waals surface area contributed by atoms with Gasteiger partial charge in [-0.1, -0.05) is 12.1 Å². The van der Waals surface area contributed by atoms with Gasteiger partial charge in [0.15, 0.2) is 0 Å². The highest BCUT2D eigenvalue weighted by Gasteiger charge is 2.15. The van der Waals surface area contributed by atoms with Crippen molar-refractivity contribution >= 4 is 12.0 Å². The Morgan fingerprint density at radius 3 is 2.48 bits per heavy atom. The molecule has 25 heavy (non-hydrogen) atoms. The number of aromatic hydroxyl groups is 1. The summed E-state index contributed by atoms with van der Waals surface area (Å²) in [5.74, 6) is -0.520. The van der Waals surface area contributed by atoms with Crippen LogP contribution in [0.2, 0.25) is 0 Å². The maximum atomic E-state index is 11.5. The molecule has 11 nitrogen and oxygen atoms in total. The van der Waals surface area contributed by atoms with Gasteiger partial charge < -0.3 is 19.5 Å². The first kappa shape index (κ1) is 19.7. The third-order valence-electron chi connectivity index (χ3n) is 2.82. The number of phenols is 1. The molecule has 0 aliphatic carbocycles. The summed E-state index contributed by atoms with van der Waals surface area (Å²) in [6.45, 7) is -0.641. The molecule has 1 aromatic carbocycles. The molecule has 0 aromatic heterocycles. The second-order valence-electron chi connectivity index (χ2n) is 4.70. The first-order valence-corrected chi connectivity index (χ1v) is 7.09. The molecular weight excluding hydrogens is 340 g/mol. The zero-order chi connectivity index (χ0) is 18.7. The second-order valence-corrected chi connectivity index (χ2v) is 4.70. The maximum Gasteiger partial charge on any atom is 0.330 e. The highest BCUT2D eigenvalue weighted by atomic mass is 17.0. The van der Waals surface area contributed by atoms with E-state index in [1.165, 1.54) is 24.3 Å². The van der Waals surface area contributed by atoms with Gasteiger partial charge in [-0.15, -0.1) is 20.2 Å². The van der Waals surface area contributed by atoms with E-state index in [0.29, 0.717) is 5.56 Å². The van der Waals surface area contributed by atoms with E-state index < -0.39 is 28.9 Å². The van der Waals surface area contributed by atoms with Crippen molar-refractivity contribution in [2.24, 2.45) is 0 Å². The molecule has 0 aliphatic rings. The second kappa shape index (κ2) is 10.4. The number of carbonyl (C=O) groups excluding carboxylic acids is 1. The van der Waals surface area contributed by atoms with Crippen LogP contribution in [0.5, 0.6) is 5.75 Å². The molecule has 0 amide bonds. The van der Waals surface area contributed by atoms with Crippen LogP contribution in [-0.4, -0.2) is 40.6 Å². The van der Waals surface area contributed by atoms with E-state index in [1.807, 2.05) is 0 Å². The van der Waals surface area contributed by atoms with Crippen LogP contribution >= 0.6 is 0 Å². The van der Waals surface area contributed by atoms with E-state index in [9.17, 15) is 25.0 Å². The summed E-state index contributed by atoms with van der Waals surface area (Å²) in [6, 6.07) is 6.14. The fraction of sp³-hybridized carbons (Fsp3) is 0.357. The molecular formula is C14H16N2O9. The zero-order valence-electron chi connectivity index (χ0n) is 13.0. The summed E-state index contributed by atoms with van der Waals surface area (Å²) in [4.78, 5) is 40.2. The Balaban J connectivity index is 2.31. The Labute approximate surface area is 141 Å². The molecule has 0 heterocycles. The van der Waals surface area contributed by atoms with Gasteiger partial charge in [0.1, 0.15) is 18.5 Å². The minimum atomic E-state index is -1.13. The van der Waals surface area contributed by atoms with Gasteiger partial charge in [0.2, 0.25) is 0 Å². The van der Waals surface area contributed by atoms with Crippen LogP contribution in [0.15, 0.2) is 30.3 Å². The van der Waals surface area contributed by atoms with Crippen LogP contribution in [0.25, 0.3) is 6.08 Å². The number of nitrogens with zero attached hydrogens (tertiary/aromatic N) is 2. The quantitative estimate of drug-likeness (QED) is 0.204. The lowest BCUT2D eigenvalue weighted by Crippen LogP contribution is -2.25. The zero-order valence-corrected chi connectivity index (χ0v) is 13.0. The molecule has 1 N–H and O–H groups in total. The Bertz CT molecular complexity index is 615. The molecule has 0 spiro atoms. The minimum absolute atomic E-state index is 0.0315. The van der Waals surface area contributed by atoms with Crippen molar-refractivity contribution in [1.82, 2.24) is 0 Å². The van der Waals surface area contributed by atoms with E-state index in [0.717, 1.165) is 0 Å². The molecule has 0 fully saturated rings. The maximum absolute atomic E-state index is 11.5. The predicted molar refractivity (Wildman–Crippen MR) is 82.1 cm³/mol. The van der Waals surface area contributed by atoms with E-state index in [2.05, 4.69) is 9.68 Å². The highest BCUT2D eigenvalue weighted by Crippen LogP contribution is 2.11. The monoisotopic (exact) mass is 356 g/mol. The van der Waals surface area contributed by atoms with Gasteiger partial charge >= 0.3 is 5.97 Å². The summed E-state index contributed by atoms with van der Waals surface area (Å²) in [6.07, 6.45) is 1.77. The van der Waals surface area contributed by atoms with Crippen molar-refractivity contribution in [3.8, 4) is 5.75 Å². The molecule has 0 saturated heterocycles. The molecule has 0 bridgehead atoms. The molecule has 0 radical (unpaired) electrons. The van der Waals surface area contributed by atoms with Gasteiger partial charge in [-0.3, -0.25) is 0 Å². The summed E-state index contributed by atoms with van der Waals surface area (Å²) in [7, 11) is 0. The molecule has 136 valence electrons. The third-order valence-corrected chi connectivity index (χ3v) is 2.82. The van der Waals surface area contributed by atoms with Crippen LogP contribution in [0.4, 0.5) is 0 Å². The minimum Gasteiger partial charge on any atom is -0.508 e. The normalized spacial score (nSPS) is 11.7. The van der Waals surface area contributed by atoms with Gasteiger partial charge in [-0.05, 0) is 36.6 Å². The average Bonchev–Trinajstić information content (AvgIpc) is 2.55. The van der Waals surface area contributed by atoms with Crippen LogP contribution in [0.1, 0.15) is 18.4 Å². The van der Waals surface area contributed by atoms with Crippen LogP contribution < -0.4 is 0 Å². The molecule has 1 unspecified atom stereocenters. The molecule has 1 rings (SSSR count). The Hall–Kier alpha value is -3.37. The van der Waals surface area contributed by atoms with Gasteiger partial charge in [0, 0.05) is 6.08 Å². The van der Waals surface area contributed by atoms with Crippen LogP contribution in [0, 0.1) is 20.2 Å². The Morgan fingerprint density at radius 2 is 1.88 bits per heavy atom. The molecule has 1 atom stereocenters. The number of benzene rings is 1. The third kappa shape index (κ3) is 9.38. The Morgan fingerprint density at radius 1 is 1.20 bits per heavy atom. The summed E-state index contributed by atoms with van der Waals surface area (Å²) in [5.41, 5.74) is 0.686. The van der Waals surface area contributed by atoms with E-state index in [4.69, 9.17) is 9.84 Å². The van der Waals surface area contributed by atoms with E-state index in [-0.39, 0.29) is 25.2 Å². The lowest BCUT2D eigenvalue weighted by molar-refractivity contribution is -0.790. The first-order chi connectivity index (χ1) is 11.9. The summed E-state index contributed by atoms with van der Waals surface area (Å²) < 4.78 is 4.89. The van der Waals surface area contributed by atoms with Crippen molar-refractivity contribution in [3.63, 3.8) is 0 Å². The predicted octanol–water partition coefficient (Wildman–Crippen LogP) is 1.51. The van der Waals surface area contributed by atoms with Crippen LogP contribution in [0.3, 0.4) is 0 Å². The summed E-state index contributed by atoms with van der Waals surface area (Å²) in [5, 5.41) is 27.4. The topological polar surface area (TPSA) is 151 Å².